The van der Waals surface area contributed by atoms with Crippen molar-refractivity contribution >= 4 is 22.7 Å². The summed E-state index contributed by atoms with van der Waals surface area (Å²) in [7, 11) is 0. The minimum absolute atomic E-state index is 0.0000111. The van der Waals surface area contributed by atoms with Crippen LogP contribution in [0.2, 0.25) is 0 Å². The van der Waals surface area contributed by atoms with E-state index < -0.39 is 17.2 Å². The average Bonchev–Trinajstić information content (AvgIpc) is 3.02. The standard InChI is InChI=1S/C26H32N4O3/c27-23(26(32)33)24-25(31)30(20-9-2-1-8-19(20)28-24)22-14-17-7-4-10-21(22)29(17)18-12-15-5-3-6-16(11-15)13-18/h1-2,8-9,15-18,21-22,27H,3-7,10-14H2,(H,32,33)/t15?,16?,17-,18?,21+,22+/m0/s1. The zero-order valence-electron chi connectivity index (χ0n) is 18.9. The number of benzene rings is 1. The molecule has 174 valence electrons. The van der Waals surface area contributed by atoms with Crippen molar-refractivity contribution < 1.29 is 9.90 Å². The molecule has 7 nitrogen and oxygen atoms in total. The fraction of sp³-hybridized carbons (Fsp3) is 0.615. The number of carboxylic acids is 1. The number of nitrogens with zero attached hydrogens (tertiary/aromatic N) is 3. The summed E-state index contributed by atoms with van der Waals surface area (Å²) in [6, 6.07) is 8.86. The number of hydrogen-bond acceptors (Lipinski definition) is 5. The molecule has 7 heteroatoms. The highest BCUT2D eigenvalue weighted by atomic mass is 16.4. The van der Waals surface area contributed by atoms with Crippen molar-refractivity contribution in [1.82, 2.24) is 14.5 Å². The summed E-state index contributed by atoms with van der Waals surface area (Å²) < 4.78 is 1.81. The molecule has 0 amide bonds. The second-order valence-electron chi connectivity index (χ2n) is 10.7. The summed E-state index contributed by atoms with van der Waals surface area (Å²) in [6.45, 7) is 0. The van der Waals surface area contributed by atoms with Gasteiger partial charge in [0, 0.05) is 18.1 Å². The molecule has 4 bridgehead atoms. The van der Waals surface area contributed by atoms with E-state index in [2.05, 4.69) is 9.88 Å². The molecule has 0 radical (unpaired) electrons. The third-order valence-electron chi connectivity index (χ3n) is 8.90. The van der Waals surface area contributed by atoms with Gasteiger partial charge in [0.1, 0.15) is 0 Å². The molecule has 0 spiro atoms. The van der Waals surface area contributed by atoms with Crippen molar-refractivity contribution in [2.75, 3.05) is 0 Å². The molecule has 2 aliphatic heterocycles. The van der Waals surface area contributed by atoms with Crippen LogP contribution in [0, 0.1) is 17.2 Å². The van der Waals surface area contributed by atoms with E-state index in [1.807, 2.05) is 28.8 Å². The average molecular weight is 449 g/mol. The SMILES string of the molecule is N=C(C(=O)O)c1nc2ccccc2n([C@@H]2C[C@@H]3CCC[C@H]2N3C2CC3CCCC(C3)C2)c1=O. The van der Waals surface area contributed by atoms with E-state index in [9.17, 15) is 14.7 Å². The van der Waals surface area contributed by atoms with Gasteiger partial charge in [-0.25, -0.2) is 9.78 Å². The minimum atomic E-state index is -1.41. The highest BCUT2D eigenvalue weighted by molar-refractivity contribution is 6.40. The van der Waals surface area contributed by atoms with Crippen LogP contribution >= 0.6 is 0 Å². The van der Waals surface area contributed by atoms with E-state index in [0.29, 0.717) is 23.6 Å². The molecule has 2 unspecified atom stereocenters. The topological polar surface area (TPSA) is 99.3 Å². The molecule has 4 fully saturated rings. The number of carbonyl (C=O) groups is 1. The molecule has 2 saturated heterocycles. The monoisotopic (exact) mass is 448 g/mol. The molecule has 6 rings (SSSR count). The predicted octanol–water partition coefficient (Wildman–Crippen LogP) is 3.99. The lowest BCUT2D eigenvalue weighted by atomic mass is 9.69. The quantitative estimate of drug-likeness (QED) is 0.689. The van der Waals surface area contributed by atoms with Crippen molar-refractivity contribution in [3.63, 3.8) is 0 Å². The van der Waals surface area contributed by atoms with Crippen molar-refractivity contribution in [2.45, 2.75) is 88.4 Å². The van der Waals surface area contributed by atoms with Gasteiger partial charge in [0.25, 0.3) is 5.56 Å². The van der Waals surface area contributed by atoms with Crippen LogP contribution in [0.25, 0.3) is 11.0 Å². The van der Waals surface area contributed by atoms with Crippen LogP contribution in [0.3, 0.4) is 0 Å². The summed E-state index contributed by atoms with van der Waals surface area (Å²) in [5.41, 5.74) is -0.0707. The Balaban J connectivity index is 1.43. The van der Waals surface area contributed by atoms with Crippen LogP contribution < -0.4 is 5.56 Å². The first-order chi connectivity index (χ1) is 16.0. The molecular formula is C26H32N4O3. The Morgan fingerprint density at radius 1 is 0.939 bits per heavy atom. The first-order valence-corrected chi connectivity index (χ1v) is 12.6. The van der Waals surface area contributed by atoms with Crippen LogP contribution in [0.5, 0.6) is 0 Å². The van der Waals surface area contributed by atoms with Gasteiger partial charge in [0.15, 0.2) is 11.4 Å². The normalized spacial score (nSPS) is 33.8. The maximum atomic E-state index is 13.6. The van der Waals surface area contributed by atoms with Gasteiger partial charge in [0.05, 0.1) is 17.1 Å². The molecule has 2 aromatic rings. The third kappa shape index (κ3) is 3.43. The van der Waals surface area contributed by atoms with Gasteiger partial charge in [-0.3, -0.25) is 15.1 Å². The first-order valence-electron chi connectivity index (χ1n) is 12.6. The van der Waals surface area contributed by atoms with Crippen molar-refractivity contribution in [3.05, 3.63) is 40.3 Å². The van der Waals surface area contributed by atoms with Crippen LogP contribution in [0.15, 0.2) is 29.1 Å². The van der Waals surface area contributed by atoms with Crippen LogP contribution in [-0.4, -0.2) is 49.4 Å². The number of carboxylic acid groups (broad SMARTS) is 1. The summed E-state index contributed by atoms with van der Waals surface area (Å²) in [4.78, 5) is 32.2. The Hall–Kier alpha value is -2.54. The summed E-state index contributed by atoms with van der Waals surface area (Å²) in [6.07, 6.45) is 12.4. The number of aliphatic carboxylic acids is 1. The number of piperidine rings is 1. The van der Waals surface area contributed by atoms with Gasteiger partial charge in [-0.1, -0.05) is 37.8 Å². The lowest BCUT2D eigenvalue weighted by molar-refractivity contribution is -0.129. The number of fused-ring (bicyclic) bond motifs is 5. The van der Waals surface area contributed by atoms with E-state index in [-0.39, 0.29) is 11.7 Å². The zero-order valence-corrected chi connectivity index (χ0v) is 18.9. The molecule has 1 aromatic heterocycles. The predicted molar refractivity (Wildman–Crippen MR) is 126 cm³/mol. The Kier molecular flexibility index (Phi) is 5.13. The molecule has 2 N–H and O–H groups in total. The maximum absolute atomic E-state index is 13.6. The zero-order chi connectivity index (χ0) is 22.7. The van der Waals surface area contributed by atoms with E-state index in [1.54, 1.807) is 0 Å². The lowest BCUT2D eigenvalue weighted by Gasteiger charge is -2.48. The molecule has 5 atom stereocenters. The summed E-state index contributed by atoms with van der Waals surface area (Å²) >= 11 is 0. The van der Waals surface area contributed by atoms with Gasteiger partial charge >= 0.3 is 5.97 Å². The maximum Gasteiger partial charge on any atom is 0.356 e. The fourth-order valence-corrected chi connectivity index (χ4v) is 7.73. The molecular weight excluding hydrogens is 416 g/mol. The summed E-state index contributed by atoms with van der Waals surface area (Å²) in [5, 5.41) is 17.4. The van der Waals surface area contributed by atoms with E-state index in [1.165, 1.54) is 51.4 Å². The number of aromatic nitrogens is 2. The van der Waals surface area contributed by atoms with Gasteiger partial charge in [-0.05, 0) is 62.5 Å². The van der Waals surface area contributed by atoms with E-state index in [0.717, 1.165) is 30.2 Å². The second kappa shape index (κ2) is 8.05. The van der Waals surface area contributed by atoms with Crippen molar-refractivity contribution in [1.29, 1.82) is 5.41 Å². The van der Waals surface area contributed by atoms with Crippen molar-refractivity contribution in [2.24, 2.45) is 11.8 Å². The first kappa shape index (κ1) is 21.0. The Morgan fingerprint density at radius 3 is 2.42 bits per heavy atom. The van der Waals surface area contributed by atoms with Crippen LogP contribution in [0.1, 0.15) is 75.9 Å². The van der Waals surface area contributed by atoms with Crippen LogP contribution in [-0.2, 0) is 4.79 Å². The molecule has 2 saturated carbocycles. The lowest BCUT2D eigenvalue weighted by Crippen LogP contribution is -2.51. The summed E-state index contributed by atoms with van der Waals surface area (Å²) in [5.74, 6) is 0.297. The largest absolute Gasteiger partial charge is 0.476 e. The number of nitrogens with one attached hydrogen (secondary N) is 1. The third-order valence-corrected chi connectivity index (χ3v) is 8.90. The van der Waals surface area contributed by atoms with Crippen molar-refractivity contribution in [3.8, 4) is 0 Å². The van der Waals surface area contributed by atoms with Gasteiger partial charge in [0.2, 0.25) is 0 Å². The van der Waals surface area contributed by atoms with Gasteiger partial charge < -0.3 is 9.67 Å². The van der Waals surface area contributed by atoms with E-state index >= 15 is 0 Å². The molecule has 4 aliphatic rings. The van der Waals surface area contributed by atoms with Crippen LogP contribution in [0.4, 0.5) is 0 Å². The van der Waals surface area contributed by atoms with E-state index in [4.69, 9.17) is 5.41 Å². The molecule has 3 heterocycles. The highest BCUT2D eigenvalue weighted by Crippen LogP contribution is 2.49. The number of hydrogen-bond donors (Lipinski definition) is 2. The molecule has 2 aliphatic carbocycles. The fourth-order valence-electron chi connectivity index (χ4n) is 7.73. The highest BCUT2D eigenvalue weighted by Gasteiger charge is 2.49. The smallest absolute Gasteiger partial charge is 0.356 e. The molecule has 1 aromatic carbocycles. The number of rotatable bonds is 4. The minimum Gasteiger partial charge on any atom is -0.476 e. The van der Waals surface area contributed by atoms with Gasteiger partial charge in [-0.2, -0.15) is 0 Å². The second-order valence-corrected chi connectivity index (χ2v) is 10.7. The van der Waals surface area contributed by atoms with Gasteiger partial charge in [-0.15, -0.1) is 0 Å². The number of para-hydroxylation sites is 2. The Labute approximate surface area is 193 Å². The Morgan fingerprint density at radius 2 is 1.67 bits per heavy atom. The Bertz CT molecular complexity index is 1160. The molecule has 33 heavy (non-hydrogen) atoms.